The first-order valence-electron chi connectivity index (χ1n) is 9.55. The summed E-state index contributed by atoms with van der Waals surface area (Å²) in [7, 11) is 1.36. The standard InChI is InChI=1S/C22H24F2N2O4/c1-28-19-4-2-3-17(21(19)30-22(23)24)7-10-20(27)25-18-8-5-16(6-9-18)15-26-11-13-29-14-12-26/h2-10,22H,11-15H2,1H3,(H,25,27)/b10-7+. The predicted molar refractivity (Wildman–Crippen MR) is 110 cm³/mol. The summed E-state index contributed by atoms with van der Waals surface area (Å²) in [6.07, 6.45) is 2.66. The Bertz CT molecular complexity index is 866. The van der Waals surface area contributed by atoms with Crippen molar-refractivity contribution in [2.24, 2.45) is 0 Å². The van der Waals surface area contributed by atoms with Gasteiger partial charge in [0, 0.05) is 37.0 Å². The van der Waals surface area contributed by atoms with E-state index < -0.39 is 6.61 Å². The summed E-state index contributed by atoms with van der Waals surface area (Å²) in [5.41, 5.74) is 2.10. The van der Waals surface area contributed by atoms with E-state index in [1.54, 1.807) is 12.1 Å². The van der Waals surface area contributed by atoms with E-state index in [0.717, 1.165) is 38.4 Å². The van der Waals surface area contributed by atoms with Gasteiger partial charge in [0.25, 0.3) is 0 Å². The number of benzene rings is 2. The van der Waals surface area contributed by atoms with Crippen LogP contribution < -0.4 is 14.8 Å². The molecule has 160 valence electrons. The Kier molecular flexibility index (Phi) is 7.75. The summed E-state index contributed by atoms with van der Waals surface area (Å²) in [5, 5.41) is 2.75. The number of hydrogen-bond acceptors (Lipinski definition) is 5. The number of anilines is 1. The summed E-state index contributed by atoms with van der Waals surface area (Å²) in [6, 6.07) is 12.3. The first kappa shape index (κ1) is 21.7. The molecule has 0 aromatic heterocycles. The maximum Gasteiger partial charge on any atom is 0.387 e. The molecule has 1 aliphatic rings. The lowest BCUT2D eigenvalue weighted by molar-refractivity contribution is -0.111. The number of hydrogen-bond donors (Lipinski definition) is 1. The normalized spacial score (nSPS) is 14.8. The van der Waals surface area contributed by atoms with Crippen LogP contribution >= 0.6 is 0 Å². The van der Waals surface area contributed by atoms with Crippen LogP contribution in [-0.4, -0.2) is 50.8 Å². The fraction of sp³-hybridized carbons (Fsp3) is 0.318. The number of nitrogens with zero attached hydrogens (tertiary/aromatic N) is 1. The van der Waals surface area contributed by atoms with Crippen molar-refractivity contribution < 1.29 is 27.8 Å². The molecule has 0 bridgehead atoms. The van der Waals surface area contributed by atoms with Crippen LogP contribution in [0.3, 0.4) is 0 Å². The molecule has 0 saturated carbocycles. The highest BCUT2D eigenvalue weighted by Crippen LogP contribution is 2.33. The monoisotopic (exact) mass is 418 g/mol. The molecular formula is C22H24F2N2O4. The third-order valence-electron chi connectivity index (χ3n) is 4.58. The molecule has 1 saturated heterocycles. The van der Waals surface area contributed by atoms with Crippen molar-refractivity contribution in [3.8, 4) is 11.5 Å². The summed E-state index contributed by atoms with van der Waals surface area (Å²) in [5.74, 6) is -0.345. The molecule has 8 heteroatoms. The largest absolute Gasteiger partial charge is 0.493 e. The van der Waals surface area contributed by atoms with Crippen molar-refractivity contribution in [1.82, 2.24) is 4.90 Å². The van der Waals surface area contributed by atoms with Crippen molar-refractivity contribution >= 4 is 17.7 Å². The van der Waals surface area contributed by atoms with Crippen LogP contribution in [-0.2, 0) is 16.1 Å². The molecule has 0 radical (unpaired) electrons. The molecule has 1 aliphatic heterocycles. The van der Waals surface area contributed by atoms with E-state index in [4.69, 9.17) is 9.47 Å². The van der Waals surface area contributed by atoms with E-state index in [2.05, 4.69) is 15.0 Å². The number of carbonyl (C=O) groups excluding carboxylic acids is 1. The van der Waals surface area contributed by atoms with E-state index in [9.17, 15) is 13.6 Å². The van der Waals surface area contributed by atoms with Crippen LogP contribution in [0.15, 0.2) is 48.5 Å². The van der Waals surface area contributed by atoms with Gasteiger partial charge < -0.3 is 19.5 Å². The van der Waals surface area contributed by atoms with Crippen LogP contribution in [0.2, 0.25) is 0 Å². The highest BCUT2D eigenvalue weighted by Gasteiger charge is 2.14. The number of methoxy groups -OCH3 is 1. The predicted octanol–water partition coefficient (Wildman–Crippen LogP) is 3.78. The summed E-state index contributed by atoms with van der Waals surface area (Å²) in [6.45, 7) is 1.14. The van der Waals surface area contributed by atoms with E-state index in [1.807, 2.05) is 24.3 Å². The van der Waals surface area contributed by atoms with Crippen LogP contribution in [0.5, 0.6) is 11.5 Å². The maximum atomic E-state index is 12.7. The van der Waals surface area contributed by atoms with Gasteiger partial charge in [-0.25, -0.2) is 0 Å². The second kappa shape index (κ2) is 10.7. The van der Waals surface area contributed by atoms with E-state index in [0.29, 0.717) is 11.3 Å². The molecule has 3 rings (SSSR count). The highest BCUT2D eigenvalue weighted by atomic mass is 19.3. The minimum atomic E-state index is -3.00. The molecule has 0 atom stereocenters. The lowest BCUT2D eigenvalue weighted by atomic mass is 10.1. The second-order valence-electron chi connectivity index (χ2n) is 6.67. The molecule has 1 amide bonds. The topological polar surface area (TPSA) is 60.0 Å². The minimum absolute atomic E-state index is 0.119. The Morgan fingerprint density at radius 3 is 2.60 bits per heavy atom. The lowest BCUT2D eigenvalue weighted by Gasteiger charge is -2.26. The maximum absolute atomic E-state index is 12.7. The van der Waals surface area contributed by atoms with Crippen molar-refractivity contribution in [2.75, 3.05) is 38.7 Å². The zero-order valence-electron chi connectivity index (χ0n) is 16.6. The Balaban J connectivity index is 1.60. The molecular weight excluding hydrogens is 394 g/mol. The van der Waals surface area contributed by atoms with Crippen LogP contribution in [0.25, 0.3) is 6.08 Å². The van der Waals surface area contributed by atoms with Gasteiger partial charge in [-0.3, -0.25) is 9.69 Å². The third-order valence-corrected chi connectivity index (χ3v) is 4.58. The number of morpholine rings is 1. The number of ether oxygens (including phenoxy) is 3. The van der Waals surface area contributed by atoms with E-state index >= 15 is 0 Å². The molecule has 30 heavy (non-hydrogen) atoms. The average molecular weight is 418 g/mol. The van der Waals surface area contributed by atoms with Gasteiger partial charge in [-0.1, -0.05) is 24.3 Å². The van der Waals surface area contributed by atoms with Crippen molar-refractivity contribution in [3.05, 3.63) is 59.7 Å². The van der Waals surface area contributed by atoms with Gasteiger partial charge in [0.2, 0.25) is 5.91 Å². The van der Waals surface area contributed by atoms with E-state index in [-0.39, 0.29) is 17.4 Å². The molecule has 0 spiro atoms. The molecule has 0 aliphatic carbocycles. The molecule has 1 N–H and O–H groups in total. The zero-order valence-corrected chi connectivity index (χ0v) is 16.6. The first-order valence-corrected chi connectivity index (χ1v) is 9.55. The smallest absolute Gasteiger partial charge is 0.387 e. The Hall–Kier alpha value is -2.97. The average Bonchev–Trinajstić information content (AvgIpc) is 2.74. The van der Waals surface area contributed by atoms with Gasteiger partial charge in [-0.2, -0.15) is 8.78 Å². The van der Waals surface area contributed by atoms with Crippen molar-refractivity contribution in [2.45, 2.75) is 13.2 Å². The molecule has 1 heterocycles. The number of carbonyl (C=O) groups is 1. The first-order chi connectivity index (χ1) is 14.5. The Labute approximate surface area is 174 Å². The van der Waals surface area contributed by atoms with Crippen LogP contribution in [0.1, 0.15) is 11.1 Å². The summed E-state index contributed by atoms with van der Waals surface area (Å²) in [4.78, 5) is 14.5. The van der Waals surface area contributed by atoms with Crippen molar-refractivity contribution in [3.63, 3.8) is 0 Å². The number of rotatable bonds is 8. The number of para-hydroxylation sites is 1. The fourth-order valence-electron chi connectivity index (χ4n) is 3.10. The van der Waals surface area contributed by atoms with Crippen LogP contribution in [0.4, 0.5) is 14.5 Å². The number of alkyl halides is 2. The highest BCUT2D eigenvalue weighted by molar-refractivity contribution is 6.02. The van der Waals surface area contributed by atoms with Crippen molar-refractivity contribution in [1.29, 1.82) is 0 Å². The summed E-state index contributed by atoms with van der Waals surface area (Å²) < 4.78 is 40.3. The zero-order chi connectivity index (χ0) is 21.3. The Morgan fingerprint density at radius 1 is 1.20 bits per heavy atom. The van der Waals surface area contributed by atoms with Gasteiger partial charge in [-0.15, -0.1) is 0 Å². The number of nitrogens with one attached hydrogen (secondary N) is 1. The molecule has 0 unspecified atom stereocenters. The molecule has 2 aromatic rings. The van der Waals surface area contributed by atoms with E-state index in [1.165, 1.54) is 25.3 Å². The van der Waals surface area contributed by atoms with Gasteiger partial charge in [-0.05, 0) is 29.8 Å². The summed E-state index contributed by atoms with van der Waals surface area (Å²) >= 11 is 0. The molecule has 1 fully saturated rings. The second-order valence-corrected chi connectivity index (χ2v) is 6.67. The van der Waals surface area contributed by atoms with Gasteiger partial charge in [0.15, 0.2) is 11.5 Å². The fourth-order valence-corrected chi connectivity index (χ4v) is 3.10. The van der Waals surface area contributed by atoms with Gasteiger partial charge in [0.1, 0.15) is 0 Å². The number of amides is 1. The quantitative estimate of drug-likeness (QED) is 0.662. The number of halogens is 2. The van der Waals surface area contributed by atoms with Gasteiger partial charge in [0.05, 0.1) is 20.3 Å². The molecule has 6 nitrogen and oxygen atoms in total. The lowest BCUT2D eigenvalue weighted by Crippen LogP contribution is -2.35. The van der Waals surface area contributed by atoms with Gasteiger partial charge >= 0.3 is 6.61 Å². The van der Waals surface area contributed by atoms with Crippen LogP contribution in [0, 0.1) is 0 Å². The minimum Gasteiger partial charge on any atom is -0.493 e. The molecule has 2 aromatic carbocycles. The third kappa shape index (κ3) is 6.27. The SMILES string of the molecule is COc1cccc(/C=C/C(=O)Nc2ccc(CN3CCOCC3)cc2)c1OC(F)F. The Morgan fingerprint density at radius 2 is 1.93 bits per heavy atom.